The topological polar surface area (TPSA) is 76.4 Å². The molecule has 6 nitrogen and oxygen atoms in total. The van der Waals surface area contributed by atoms with Crippen molar-refractivity contribution in [2.24, 2.45) is 0 Å². The molecule has 8 heteroatoms. The second kappa shape index (κ2) is 9.16. The Hall–Kier alpha value is -3.42. The Balaban J connectivity index is 1.37. The molecule has 0 spiro atoms. The SMILES string of the molecule is COc1ccc2oc(-c3ccc(NC(=S)NC(=O)Cc4ccc(Cl)cc4)cc3)nc2c1. The van der Waals surface area contributed by atoms with E-state index in [1.807, 2.05) is 42.5 Å². The van der Waals surface area contributed by atoms with Crippen LogP contribution in [0.1, 0.15) is 5.56 Å². The highest BCUT2D eigenvalue weighted by atomic mass is 35.5. The van der Waals surface area contributed by atoms with Crippen molar-refractivity contribution >= 4 is 51.6 Å². The van der Waals surface area contributed by atoms with Crippen molar-refractivity contribution in [1.29, 1.82) is 0 Å². The highest BCUT2D eigenvalue weighted by Gasteiger charge is 2.10. The summed E-state index contributed by atoms with van der Waals surface area (Å²) in [6, 6.07) is 20.0. The van der Waals surface area contributed by atoms with Crippen molar-refractivity contribution in [3.8, 4) is 17.2 Å². The number of anilines is 1. The third-order valence-corrected chi connectivity index (χ3v) is 4.97. The Morgan fingerprint density at radius 1 is 1.10 bits per heavy atom. The lowest BCUT2D eigenvalue weighted by atomic mass is 10.1. The number of thiocarbonyl (C=S) groups is 1. The molecule has 1 heterocycles. The van der Waals surface area contributed by atoms with Crippen LogP contribution < -0.4 is 15.4 Å². The number of aromatic nitrogens is 1. The van der Waals surface area contributed by atoms with Crippen LogP contribution in [0.25, 0.3) is 22.6 Å². The largest absolute Gasteiger partial charge is 0.497 e. The van der Waals surface area contributed by atoms with Crippen LogP contribution in [0.5, 0.6) is 5.75 Å². The highest BCUT2D eigenvalue weighted by molar-refractivity contribution is 7.80. The normalized spacial score (nSPS) is 10.6. The lowest BCUT2D eigenvalue weighted by molar-refractivity contribution is -0.119. The molecule has 0 fully saturated rings. The predicted octanol–water partition coefficient (Wildman–Crippen LogP) is 5.21. The van der Waals surface area contributed by atoms with E-state index in [1.54, 1.807) is 31.4 Å². The fourth-order valence-corrected chi connectivity index (χ4v) is 3.33. The number of benzene rings is 3. The first-order valence-electron chi connectivity index (χ1n) is 9.40. The van der Waals surface area contributed by atoms with Gasteiger partial charge in [0.2, 0.25) is 11.8 Å². The van der Waals surface area contributed by atoms with Gasteiger partial charge in [0.15, 0.2) is 10.7 Å². The molecule has 3 aromatic carbocycles. The quantitative estimate of drug-likeness (QED) is 0.405. The average molecular weight is 452 g/mol. The fraction of sp³-hybridized carbons (Fsp3) is 0.0870. The number of hydrogen-bond acceptors (Lipinski definition) is 5. The molecule has 0 saturated heterocycles. The maximum atomic E-state index is 12.2. The first kappa shape index (κ1) is 20.8. The predicted molar refractivity (Wildman–Crippen MR) is 126 cm³/mol. The zero-order chi connectivity index (χ0) is 21.8. The molecule has 0 bridgehead atoms. The molecule has 0 aliphatic heterocycles. The third-order valence-electron chi connectivity index (χ3n) is 4.52. The highest BCUT2D eigenvalue weighted by Crippen LogP contribution is 2.27. The molecule has 0 aliphatic rings. The van der Waals surface area contributed by atoms with E-state index in [2.05, 4.69) is 15.6 Å². The van der Waals surface area contributed by atoms with E-state index >= 15 is 0 Å². The van der Waals surface area contributed by atoms with Gasteiger partial charge in [-0.05, 0) is 66.3 Å². The minimum absolute atomic E-state index is 0.209. The summed E-state index contributed by atoms with van der Waals surface area (Å²) in [4.78, 5) is 16.7. The summed E-state index contributed by atoms with van der Waals surface area (Å²) >= 11 is 11.1. The maximum Gasteiger partial charge on any atom is 0.230 e. The summed E-state index contributed by atoms with van der Waals surface area (Å²) in [6.45, 7) is 0. The molecule has 1 amide bonds. The van der Waals surface area contributed by atoms with Crippen molar-refractivity contribution < 1.29 is 13.9 Å². The van der Waals surface area contributed by atoms with Gasteiger partial charge >= 0.3 is 0 Å². The van der Waals surface area contributed by atoms with Crippen molar-refractivity contribution in [2.45, 2.75) is 6.42 Å². The third kappa shape index (κ3) is 5.20. The van der Waals surface area contributed by atoms with Crippen molar-refractivity contribution in [3.05, 3.63) is 77.3 Å². The molecule has 0 saturated carbocycles. The van der Waals surface area contributed by atoms with E-state index in [0.29, 0.717) is 16.5 Å². The summed E-state index contributed by atoms with van der Waals surface area (Å²) in [5.41, 5.74) is 3.81. The van der Waals surface area contributed by atoms with Crippen LogP contribution in [0.15, 0.2) is 71.1 Å². The monoisotopic (exact) mass is 451 g/mol. The van der Waals surface area contributed by atoms with E-state index in [1.165, 1.54) is 0 Å². The van der Waals surface area contributed by atoms with Gasteiger partial charge in [0.1, 0.15) is 11.3 Å². The molecule has 0 radical (unpaired) electrons. The molecule has 31 heavy (non-hydrogen) atoms. The van der Waals surface area contributed by atoms with Gasteiger partial charge in [-0.3, -0.25) is 4.79 Å². The molecule has 0 aliphatic carbocycles. The fourth-order valence-electron chi connectivity index (χ4n) is 2.97. The number of nitrogens with zero attached hydrogens (tertiary/aromatic N) is 1. The number of hydrogen-bond donors (Lipinski definition) is 2. The molecule has 0 atom stereocenters. The lowest BCUT2D eigenvalue weighted by Gasteiger charge is -2.10. The van der Waals surface area contributed by atoms with Gasteiger partial charge in [-0.25, -0.2) is 4.98 Å². The van der Waals surface area contributed by atoms with Crippen molar-refractivity contribution in [1.82, 2.24) is 10.3 Å². The summed E-state index contributed by atoms with van der Waals surface area (Å²) < 4.78 is 11.0. The minimum atomic E-state index is -0.210. The number of halogens is 1. The molecule has 156 valence electrons. The summed E-state index contributed by atoms with van der Waals surface area (Å²) in [5, 5.41) is 6.52. The number of fused-ring (bicyclic) bond motifs is 1. The van der Waals surface area contributed by atoms with E-state index in [0.717, 1.165) is 28.1 Å². The Kier molecular flexibility index (Phi) is 6.16. The van der Waals surface area contributed by atoms with Crippen LogP contribution in [-0.4, -0.2) is 23.1 Å². The van der Waals surface area contributed by atoms with E-state index < -0.39 is 0 Å². The van der Waals surface area contributed by atoms with Gasteiger partial charge in [-0.15, -0.1) is 0 Å². The van der Waals surface area contributed by atoms with E-state index in [-0.39, 0.29) is 17.4 Å². The Bertz CT molecular complexity index is 1240. The number of ether oxygens (including phenoxy) is 1. The standard InChI is InChI=1S/C23H18ClN3O3S/c1-29-18-10-11-20-19(13-18)26-22(30-20)15-4-8-17(9-5-15)25-23(31)27-21(28)12-14-2-6-16(24)7-3-14/h2-11,13H,12H2,1H3,(H2,25,27,28,31). The smallest absolute Gasteiger partial charge is 0.230 e. The zero-order valence-corrected chi connectivity index (χ0v) is 18.1. The first-order valence-corrected chi connectivity index (χ1v) is 10.2. The molecule has 0 unspecified atom stereocenters. The number of nitrogens with one attached hydrogen (secondary N) is 2. The summed E-state index contributed by atoms with van der Waals surface area (Å²) in [6.07, 6.45) is 0.209. The molecular weight excluding hydrogens is 434 g/mol. The number of rotatable bonds is 5. The molecule has 4 aromatic rings. The number of carbonyl (C=O) groups is 1. The van der Waals surface area contributed by atoms with E-state index in [4.69, 9.17) is 33.0 Å². The summed E-state index contributed by atoms with van der Waals surface area (Å²) in [5.74, 6) is 1.02. The van der Waals surface area contributed by atoms with Crippen LogP contribution in [0.2, 0.25) is 5.02 Å². The van der Waals surface area contributed by atoms with Gasteiger partial charge < -0.3 is 19.8 Å². The van der Waals surface area contributed by atoms with Crippen LogP contribution >= 0.6 is 23.8 Å². The Morgan fingerprint density at radius 3 is 2.55 bits per heavy atom. The summed E-state index contributed by atoms with van der Waals surface area (Å²) in [7, 11) is 1.61. The van der Waals surface area contributed by atoms with Crippen LogP contribution in [-0.2, 0) is 11.2 Å². The number of amides is 1. The maximum absolute atomic E-state index is 12.2. The molecule has 4 rings (SSSR count). The average Bonchev–Trinajstić information content (AvgIpc) is 3.19. The second-order valence-corrected chi connectivity index (χ2v) is 7.58. The Labute approximate surface area is 189 Å². The van der Waals surface area contributed by atoms with Crippen LogP contribution in [0.4, 0.5) is 5.69 Å². The number of carbonyl (C=O) groups excluding carboxylic acids is 1. The van der Waals surface area contributed by atoms with E-state index in [9.17, 15) is 4.79 Å². The number of methoxy groups -OCH3 is 1. The van der Waals surface area contributed by atoms with Crippen LogP contribution in [0, 0.1) is 0 Å². The molecule has 2 N–H and O–H groups in total. The zero-order valence-electron chi connectivity index (χ0n) is 16.5. The van der Waals surface area contributed by atoms with Crippen molar-refractivity contribution in [3.63, 3.8) is 0 Å². The minimum Gasteiger partial charge on any atom is -0.497 e. The van der Waals surface area contributed by atoms with Gasteiger partial charge in [0.05, 0.1) is 13.5 Å². The Morgan fingerprint density at radius 2 is 1.84 bits per heavy atom. The second-order valence-electron chi connectivity index (χ2n) is 6.74. The van der Waals surface area contributed by atoms with Gasteiger partial charge in [0, 0.05) is 22.3 Å². The van der Waals surface area contributed by atoms with Crippen molar-refractivity contribution in [2.75, 3.05) is 12.4 Å². The van der Waals surface area contributed by atoms with Gasteiger partial charge in [-0.2, -0.15) is 0 Å². The first-order chi connectivity index (χ1) is 15.0. The molecular formula is C23H18ClN3O3S. The van der Waals surface area contributed by atoms with Gasteiger partial charge in [0.25, 0.3) is 0 Å². The number of oxazole rings is 1. The van der Waals surface area contributed by atoms with Gasteiger partial charge in [-0.1, -0.05) is 23.7 Å². The lowest BCUT2D eigenvalue weighted by Crippen LogP contribution is -2.35. The molecule has 1 aromatic heterocycles. The van der Waals surface area contributed by atoms with Crippen LogP contribution in [0.3, 0.4) is 0 Å².